The molecule has 0 aromatic carbocycles. The number of carbonyl (C=O) groups is 2. The molecule has 3 aromatic rings. The Labute approximate surface area is 328 Å². The van der Waals surface area contributed by atoms with E-state index in [-0.39, 0.29) is 59.7 Å². The van der Waals surface area contributed by atoms with Crippen molar-refractivity contribution in [2.75, 3.05) is 13.7 Å². The summed E-state index contributed by atoms with van der Waals surface area (Å²) in [5, 5.41) is 7.03. The second-order valence-corrected chi connectivity index (χ2v) is 14.7. The summed E-state index contributed by atoms with van der Waals surface area (Å²) in [7, 11) is 1.76. The minimum Gasteiger partial charge on any atom is -0.664 e. The molecule has 8 bridgehead atoms. The Kier molecular flexibility index (Phi) is 11.4. The third-order valence-corrected chi connectivity index (χ3v) is 11.4. The zero-order valence-corrected chi connectivity index (χ0v) is 33.8. The Morgan fingerprint density at radius 1 is 1.00 bits per heavy atom. The molecule has 2 fully saturated rings. The van der Waals surface area contributed by atoms with Crippen LogP contribution in [0.5, 0.6) is 0 Å². The van der Waals surface area contributed by atoms with Crippen molar-refractivity contribution >= 4 is 64.7 Å². The summed E-state index contributed by atoms with van der Waals surface area (Å²) in [6, 6.07) is 0. The fraction of sp³-hybridized carbons (Fsp3) is 0.442. The number of fused-ring (bicyclic) bond motifs is 7. The molecule has 0 saturated carbocycles. The van der Waals surface area contributed by atoms with E-state index in [1.807, 2.05) is 31.2 Å². The van der Waals surface area contributed by atoms with Gasteiger partial charge in [-0.25, -0.2) is 4.52 Å². The first-order valence-electron chi connectivity index (χ1n) is 18.6. The van der Waals surface area contributed by atoms with Crippen molar-refractivity contribution in [2.24, 2.45) is 17.8 Å². The van der Waals surface area contributed by atoms with Crippen molar-refractivity contribution < 1.29 is 23.7 Å². The Balaban J connectivity index is 0.00000481. The number of unbranched alkanes of at least 4 members (excludes halogenated alkanes) is 1. The Morgan fingerprint density at radius 2 is 1.72 bits per heavy atom. The summed E-state index contributed by atoms with van der Waals surface area (Å²) in [6.45, 7) is 19.0. The largest absolute Gasteiger partial charge is 2.00 e. The molecule has 6 heterocycles. The molecule has 274 valence electrons. The second kappa shape index (κ2) is 15.5. The van der Waals surface area contributed by atoms with Gasteiger partial charge in [0.2, 0.25) is 0 Å². The monoisotopic (exact) mass is 725 g/mol. The smallest absolute Gasteiger partial charge is 0.664 e. The van der Waals surface area contributed by atoms with E-state index in [1.54, 1.807) is 7.11 Å². The number of hydrogen-bond donors (Lipinski definition) is 0. The fourth-order valence-electron chi connectivity index (χ4n) is 8.15. The van der Waals surface area contributed by atoms with Gasteiger partial charge in [-0.15, -0.1) is 33.5 Å². The maximum atomic E-state index is 14.4. The van der Waals surface area contributed by atoms with E-state index in [2.05, 4.69) is 58.7 Å². The predicted molar refractivity (Wildman–Crippen MR) is 209 cm³/mol. The molecule has 0 radical (unpaired) electrons. The molecule has 10 heteroatoms. The van der Waals surface area contributed by atoms with Gasteiger partial charge in [0.1, 0.15) is 6.61 Å². The molecule has 1 unspecified atom stereocenters. The standard InChI is InChI=1S/C43H50N4O5.Mg/c1-10-13-14-22(4)17-18-50-36(48)16-15-29-25(7)32-19-30-23(5)27(11-2)34(44-30)20-31-24(6)28(12-3)35(45-31)21-33-26(8)37-41(47-33)38(40(29)46-32)39(42(37)49)43-51-52(43)9;/h11,17,19-21,25,29,39,43H,2,10,12-16,18H2,1,3-9H3,(H-,46,47,49);/q-2;+2/p-1/b22-17+,31-20-,32-19-,35-21-;/t25-,29-,39+,43?;/m0./s1. The molecule has 53 heavy (non-hydrogen) atoms. The van der Waals surface area contributed by atoms with Crippen LogP contribution in [0.25, 0.3) is 35.2 Å². The van der Waals surface area contributed by atoms with Crippen LogP contribution in [0.2, 0.25) is 0 Å². The third kappa shape index (κ3) is 6.99. The van der Waals surface area contributed by atoms with Crippen molar-refractivity contribution in [2.45, 2.75) is 93.3 Å². The molecule has 0 amide bonds. The Bertz CT molecular complexity index is 2190. The number of hydrogen-bond acceptors (Lipinski definition) is 4. The summed E-state index contributed by atoms with van der Waals surface area (Å²) in [6.07, 6.45) is 14.2. The summed E-state index contributed by atoms with van der Waals surface area (Å²) in [5.74, 6) is -1.13. The summed E-state index contributed by atoms with van der Waals surface area (Å²) in [4.78, 5) is 48.7. The van der Waals surface area contributed by atoms with E-state index in [0.29, 0.717) is 17.7 Å². The average molecular weight is 726 g/mol. The molecule has 7 rings (SSSR count). The Morgan fingerprint density at radius 3 is 2.40 bits per heavy atom. The van der Waals surface area contributed by atoms with Crippen LogP contribution < -0.4 is 25.7 Å². The Hall–Kier alpha value is -3.83. The van der Waals surface area contributed by atoms with Crippen LogP contribution in [0.3, 0.4) is 0 Å². The number of ether oxygens (including phenoxy) is 1. The number of nitrogens with zero attached hydrogens (tertiary/aromatic N) is 4. The molecular formula is C43H49MgN4O5-. The van der Waals surface area contributed by atoms with Crippen molar-refractivity contribution in [3.63, 3.8) is 0 Å². The number of allylic oxidation sites excluding steroid dienone is 3. The van der Waals surface area contributed by atoms with Crippen LogP contribution in [-0.2, 0) is 25.4 Å². The zero-order chi connectivity index (χ0) is 37.0. The van der Waals surface area contributed by atoms with Gasteiger partial charge in [0.15, 0.2) is 18.8 Å². The second-order valence-electron chi connectivity index (χ2n) is 14.7. The van der Waals surface area contributed by atoms with E-state index >= 15 is 0 Å². The van der Waals surface area contributed by atoms with Gasteiger partial charge in [0.05, 0.1) is 0 Å². The molecule has 4 atom stereocenters. The van der Waals surface area contributed by atoms with Crippen molar-refractivity contribution in [3.8, 4) is 0 Å². The molecule has 0 spiro atoms. The van der Waals surface area contributed by atoms with Gasteiger partial charge in [-0.1, -0.05) is 91.5 Å². The molecule has 3 aliphatic heterocycles. The number of esters is 1. The van der Waals surface area contributed by atoms with Gasteiger partial charge in [-0.05, 0) is 81.7 Å². The van der Waals surface area contributed by atoms with Crippen LogP contribution >= 0.6 is 0 Å². The van der Waals surface area contributed by atoms with Gasteiger partial charge in [-0.3, -0.25) is 9.59 Å². The quantitative estimate of drug-likeness (QED) is 0.0562. The van der Waals surface area contributed by atoms with E-state index in [0.717, 1.165) is 98.2 Å². The van der Waals surface area contributed by atoms with Crippen LogP contribution in [0, 0.1) is 38.5 Å². The molecular weight excluding hydrogens is 677 g/mol. The first-order chi connectivity index (χ1) is 25.0. The van der Waals surface area contributed by atoms with Crippen LogP contribution in [0.4, 0.5) is 0 Å². The number of aromatic nitrogens is 3. The topological polar surface area (TPSA) is 115 Å². The van der Waals surface area contributed by atoms with E-state index in [9.17, 15) is 9.59 Å². The SMILES string of the molecule is C=Cc1c2[n-]c(c1C)/C=C1\[N-]/C(=C3\c4[n-]c(c(C)c4C(=O)[C@@H]3C3O[O+]3C)/C=c3\[n-]/c(c(C)c3CC)=C\2)[C@@H](CCC(=O)OC/C=C(\C)CCCC)[C@@H]1C.[Mg+2]. The molecule has 1 aliphatic carbocycles. The van der Waals surface area contributed by atoms with Gasteiger partial charge in [-0.2, -0.15) is 11.4 Å². The van der Waals surface area contributed by atoms with Crippen LogP contribution in [-0.4, -0.2) is 54.8 Å². The zero-order valence-electron chi connectivity index (χ0n) is 32.4. The van der Waals surface area contributed by atoms with E-state index in [1.165, 1.54) is 5.57 Å². The normalized spacial score (nSPS) is 25.5. The van der Waals surface area contributed by atoms with Crippen molar-refractivity contribution in [1.82, 2.24) is 15.0 Å². The molecule has 0 N–H and O–H groups in total. The first kappa shape index (κ1) is 38.9. The molecule has 9 nitrogen and oxygen atoms in total. The van der Waals surface area contributed by atoms with Crippen LogP contribution in [0.15, 0.2) is 29.6 Å². The maximum Gasteiger partial charge on any atom is 2.00 e. The summed E-state index contributed by atoms with van der Waals surface area (Å²) in [5.41, 5.74) is 12.2. The minimum atomic E-state index is -0.612. The van der Waals surface area contributed by atoms with Gasteiger partial charge < -0.3 is 25.0 Å². The summed E-state index contributed by atoms with van der Waals surface area (Å²) >= 11 is 0. The molecule has 3 aromatic heterocycles. The number of ketones is 1. The van der Waals surface area contributed by atoms with Gasteiger partial charge in [0, 0.05) is 12.0 Å². The van der Waals surface area contributed by atoms with Crippen LogP contribution in [0.1, 0.15) is 121 Å². The van der Waals surface area contributed by atoms with Gasteiger partial charge >= 0.3 is 35.3 Å². The predicted octanol–water partition coefficient (Wildman–Crippen LogP) is 6.40. The van der Waals surface area contributed by atoms with Crippen molar-refractivity contribution in [1.29, 1.82) is 0 Å². The van der Waals surface area contributed by atoms with Gasteiger partial charge in [0.25, 0.3) is 0 Å². The number of carbonyl (C=O) groups excluding carboxylic acids is 2. The van der Waals surface area contributed by atoms with E-state index < -0.39 is 12.2 Å². The van der Waals surface area contributed by atoms with E-state index in [4.69, 9.17) is 29.9 Å². The first-order valence-corrected chi connectivity index (χ1v) is 18.6. The molecule has 4 aliphatic rings. The third-order valence-electron chi connectivity index (χ3n) is 11.4. The maximum absolute atomic E-state index is 14.4. The minimum absolute atomic E-state index is 0. The number of rotatable bonds is 11. The molecule has 2 saturated heterocycles. The summed E-state index contributed by atoms with van der Waals surface area (Å²) < 4.78 is 8.27. The fourth-order valence-corrected chi connectivity index (χ4v) is 8.15. The van der Waals surface area contributed by atoms with Crippen molar-refractivity contribution in [3.05, 3.63) is 102 Å². The number of Topliss-reactive ketones (excluding diaryl/α,β-unsaturated/α-hetero) is 1. The average Bonchev–Trinajstić information content (AvgIpc) is 3.35.